The summed E-state index contributed by atoms with van der Waals surface area (Å²) in [6.45, 7) is 3.51. The fourth-order valence-corrected chi connectivity index (χ4v) is 5.38. The van der Waals surface area contributed by atoms with Crippen LogP contribution < -0.4 is 14.0 Å². The molecule has 9 heteroatoms. The summed E-state index contributed by atoms with van der Waals surface area (Å²) in [7, 11) is -4.33. The summed E-state index contributed by atoms with van der Waals surface area (Å²) in [6, 6.07) is 17.3. The minimum Gasteiger partial charge on any atom is -0.414 e. The molecule has 1 aromatic heterocycles. The molecule has 0 unspecified atom stereocenters. The SMILES string of the molecule is Cc1ccc(S(=O)(=O)N(C(=O)Oc2ccccc2)c2ccc3oc(=O)sc3c2)c(C)c1. The number of amides is 1. The van der Waals surface area contributed by atoms with Crippen molar-refractivity contribution >= 4 is 43.4 Å². The first-order chi connectivity index (χ1) is 14.8. The number of nitrogens with zero attached hydrogens (tertiary/aromatic N) is 1. The molecule has 0 fully saturated rings. The van der Waals surface area contributed by atoms with Crippen molar-refractivity contribution in [3.63, 3.8) is 0 Å². The molecule has 158 valence electrons. The average molecular weight is 456 g/mol. The van der Waals surface area contributed by atoms with Crippen molar-refractivity contribution in [1.82, 2.24) is 0 Å². The predicted octanol–water partition coefficient (Wildman–Crippen LogP) is 4.87. The summed E-state index contributed by atoms with van der Waals surface area (Å²) >= 11 is 0.815. The minimum absolute atomic E-state index is 0.0245. The lowest BCUT2D eigenvalue weighted by Gasteiger charge is -2.23. The van der Waals surface area contributed by atoms with E-state index in [0.717, 1.165) is 16.9 Å². The molecule has 1 amide bonds. The number of carbonyl (C=O) groups is 1. The molecule has 0 radical (unpaired) electrons. The largest absolute Gasteiger partial charge is 0.434 e. The number of anilines is 1. The van der Waals surface area contributed by atoms with Crippen LogP contribution in [0.4, 0.5) is 10.5 Å². The molecule has 0 spiro atoms. The van der Waals surface area contributed by atoms with E-state index in [9.17, 15) is 18.0 Å². The Kier molecular flexibility index (Phi) is 5.38. The Morgan fingerprint density at radius 1 is 1.00 bits per heavy atom. The summed E-state index contributed by atoms with van der Waals surface area (Å²) < 4.78 is 38.6. The number of fused-ring (bicyclic) bond motifs is 1. The van der Waals surface area contributed by atoms with E-state index in [1.165, 1.54) is 24.3 Å². The van der Waals surface area contributed by atoms with Crippen LogP contribution >= 0.6 is 11.3 Å². The molecule has 0 saturated carbocycles. The van der Waals surface area contributed by atoms with Crippen LogP contribution in [0.25, 0.3) is 10.3 Å². The minimum atomic E-state index is -4.33. The van der Waals surface area contributed by atoms with Gasteiger partial charge in [-0.15, -0.1) is 0 Å². The zero-order valence-corrected chi connectivity index (χ0v) is 18.2. The summed E-state index contributed by atoms with van der Waals surface area (Å²) in [6.07, 6.45) is -1.10. The third kappa shape index (κ3) is 4.10. The van der Waals surface area contributed by atoms with Crippen molar-refractivity contribution < 1.29 is 22.4 Å². The topological polar surface area (TPSA) is 93.9 Å². The van der Waals surface area contributed by atoms with Crippen LogP contribution in [0, 0.1) is 13.8 Å². The van der Waals surface area contributed by atoms with Gasteiger partial charge >= 0.3 is 11.0 Å². The number of hydrogen-bond acceptors (Lipinski definition) is 7. The smallest absolute Gasteiger partial charge is 0.414 e. The van der Waals surface area contributed by atoms with Crippen molar-refractivity contribution in [3.8, 4) is 5.75 Å². The predicted molar refractivity (Wildman–Crippen MR) is 118 cm³/mol. The molecule has 0 aliphatic heterocycles. The Balaban J connectivity index is 1.86. The zero-order valence-electron chi connectivity index (χ0n) is 16.6. The van der Waals surface area contributed by atoms with Gasteiger partial charge in [-0.3, -0.25) is 0 Å². The van der Waals surface area contributed by atoms with Gasteiger partial charge in [-0.25, -0.2) is 18.0 Å². The number of para-hydroxylation sites is 1. The van der Waals surface area contributed by atoms with Crippen LogP contribution in [-0.2, 0) is 10.0 Å². The molecule has 0 saturated heterocycles. The van der Waals surface area contributed by atoms with E-state index in [1.54, 1.807) is 49.4 Å². The van der Waals surface area contributed by atoms with Gasteiger partial charge < -0.3 is 9.15 Å². The van der Waals surface area contributed by atoms with Crippen molar-refractivity contribution in [2.45, 2.75) is 18.7 Å². The molecule has 3 aromatic carbocycles. The number of benzene rings is 3. The van der Waals surface area contributed by atoms with Gasteiger partial charge in [0.25, 0.3) is 10.0 Å². The van der Waals surface area contributed by atoms with Crippen molar-refractivity contribution in [1.29, 1.82) is 0 Å². The monoisotopic (exact) mass is 455 g/mol. The van der Waals surface area contributed by atoms with Crippen LogP contribution in [-0.4, -0.2) is 14.5 Å². The molecule has 31 heavy (non-hydrogen) atoms. The van der Waals surface area contributed by atoms with Gasteiger partial charge in [0, 0.05) is 0 Å². The number of sulfonamides is 1. The van der Waals surface area contributed by atoms with Crippen LogP contribution in [0.15, 0.2) is 80.8 Å². The van der Waals surface area contributed by atoms with Gasteiger partial charge in [0.2, 0.25) is 0 Å². The Labute approximate surface area is 182 Å². The highest BCUT2D eigenvalue weighted by Crippen LogP contribution is 2.31. The van der Waals surface area contributed by atoms with E-state index in [4.69, 9.17) is 9.15 Å². The molecule has 0 N–H and O–H groups in total. The molecular formula is C22H17NO6S2. The lowest BCUT2D eigenvalue weighted by atomic mass is 10.2. The first-order valence-electron chi connectivity index (χ1n) is 9.19. The second kappa shape index (κ2) is 8.01. The maximum absolute atomic E-state index is 13.6. The Morgan fingerprint density at radius 2 is 1.74 bits per heavy atom. The Hall–Kier alpha value is -3.43. The van der Waals surface area contributed by atoms with Crippen LogP contribution in [0.5, 0.6) is 5.75 Å². The van der Waals surface area contributed by atoms with Crippen LogP contribution in [0.2, 0.25) is 0 Å². The van der Waals surface area contributed by atoms with Crippen LogP contribution in [0.1, 0.15) is 11.1 Å². The molecule has 0 atom stereocenters. The van der Waals surface area contributed by atoms with E-state index in [-0.39, 0.29) is 16.3 Å². The number of carbonyl (C=O) groups excluding carboxylic acids is 1. The second-order valence-corrected chi connectivity index (χ2v) is 9.54. The molecule has 0 aliphatic carbocycles. The first-order valence-corrected chi connectivity index (χ1v) is 11.4. The average Bonchev–Trinajstić information content (AvgIpc) is 3.07. The lowest BCUT2D eigenvalue weighted by molar-refractivity contribution is 0.211. The molecule has 0 bridgehead atoms. The second-order valence-electron chi connectivity index (χ2n) is 6.80. The van der Waals surface area contributed by atoms with Gasteiger partial charge in [-0.1, -0.05) is 47.2 Å². The lowest BCUT2D eigenvalue weighted by Crippen LogP contribution is -2.39. The Bertz CT molecular complexity index is 1440. The van der Waals surface area contributed by atoms with Crippen molar-refractivity contribution in [3.05, 3.63) is 87.6 Å². The Morgan fingerprint density at radius 3 is 2.45 bits per heavy atom. The summed E-state index contributed by atoms with van der Waals surface area (Å²) in [5.41, 5.74) is 1.72. The highest BCUT2D eigenvalue weighted by Gasteiger charge is 2.34. The summed E-state index contributed by atoms with van der Waals surface area (Å²) in [5, 5.41) is 0. The molecule has 4 aromatic rings. The molecule has 0 aliphatic rings. The van der Waals surface area contributed by atoms with E-state index >= 15 is 0 Å². The maximum Gasteiger partial charge on any atom is 0.434 e. The van der Waals surface area contributed by atoms with Crippen LogP contribution in [0.3, 0.4) is 0 Å². The number of ether oxygens (including phenoxy) is 1. The fourth-order valence-electron chi connectivity index (χ4n) is 3.15. The maximum atomic E-state index is 13.6. The van der Waals surface area contributed by atoms with Gasteiger partial charge in [0.1, 0.15) is 11.3 Å². The summed E-state index contributed by atoms with van der Waals surface area (Å²) in [5.74, 6) is 0.197. The number of aryl methyl sites for hydroxylation is 2. The van der Waals surface area contributed by atoms with Gasteiger partial charge in [-0.2, -0.15) is 4.31 Å². The molecular weight excluding hydrogens is 438 g/mol. The normalized spacial score (nSPS) is 11.4. The van der Waals surface area contributed by atoms with E-state index in [0.29, 0.717) is 20.2 Å². The molecule has 4 rings (SSSR count). The molecule has 7 nitrogen and oxygen atoms in total. The van der Waals surface area contributed by atoms with Crippen molar-refractivity contribution in [2.75, 3.05) is 4.31 Å². The molecule has 1 heterocycles. The van der Waals surface area contributed by atoms with E-state index in [1.807, 2.05) is 6.92 Å². The quantitative estimate of drug-likeness (QED) is 0.436. The highest BCUT2D eigenvalue weighted by molar-refractivity contribution is 7.93. The highest BCUT2D eigenvalue weighted by atomic mass is 32.2. The number of rotatable bonds is 4. The third-order valence-corrected chi connectivity index (χ3v) is 7.15. The van der Waals surface area contributed by atoms with E-state index in [2.05, 4.69) is 0 Å². The standard InChI is InChI=1S/C22H17NO6S2/c1-14-8-11-20(15(2)12-14)31(26,27)23(21(24)28-17-6-4-3-5-7-17)16-9-10-18-19(13-16)30-22(25)29-18/h3-13H,1-2H3. The van der Waals surface area contributed by atoms with Gasteiger partial charge in [0.05, 0.1) is 15.3 Å². The van der Waals surface area contributed by atoms with Crippen molar-refractivity contribution in [2.24, 2.45) is 0 Å². The summed E-state index contributed by atoms with van der Waals surface area (Å²) in [4.78, 5) is 24.1. The van der Waals surface area contributed by atoms with Gasteiger partial charge in [-0.05, 0) is 55.8 Å². The zero-order chi connectivity index (χ0) is 22.2. The fraction of sp³-hybridized carbons (Fsp3) is 0.0909. The first kappa shape index (κ1) is 20.8. The van der Waals surface area contributed by atoms with Gasteiger partial charge in [0.15, 0.2) is 0 Å². The van der Waals surface area contributed by atoms with E-state index < -0.39 is 21.1 Å². The number of hydrogen-bond donors (Lipinski definition) is 0. The third-order valence-electron chi connectivity index (χ3n) is 4.51.